The van der Waals surface area contributed by atoms with Gasteiger partial charge in [0, 0.05) is 40.3 Å². The van der Waals surface area contributed by atoms with Crippen LogP contribution in [0.15, 0.2) is 29.2 Å². The molecule has 1 amide bonds. The number of carbonyl (C=O) groups excluding carboxylic acids is 1. The molecule has 7 heteroatoms. The van der Waals surface area contributed by atoms with E-state index in [0.717, 1.165) is 6.42 Å². The summed E-state index contributed by atoms with van der Waals surface area (Å²) >= 11 is 0. The van der Waals surface area contributed by atoms with Crippen molar-refractivity contribution in [1.82, 2.24) is 9.62 Å². The minimum Gasteiger partial charge on any atom is -0.385 e. The van der Waals surface area contributed by atoms with Gasteiger partial charge in [-0.1, -0.05) is 18.2 Å². The van der Waals surface area contributed by atoms with E-state index in [1.165, 1.54) is 6.92 Å². The summed E-state index contributed by atoms with van der Waals surface area (Å²) in [5, 5.41) is 0. The average Bonchev–Trinajstić information content (AvgIpc) is 2.45. The van der Waals surface area contributed by atoms with Crippen LogP contribution in [0.4, 0.5) is 0 Å². The van der Waals surface area contributed by atoms with Gasteiger partial charge in [0.05, 0.1) is 4.90 Å². The van der Waals surface area contributed by atoms with Crippen molar-refractivity contribution in [2.45, 2.75) is 25.2 Å². The highest BCUT2D eigenvalue weighted by molar-refractivity contribution is 7.89. The molecule has 0 spiro atoms. The Morgan fingerprint density at radius 3 is 2.55 bits per heavy atom. The maximum absolute atomic E-state index is 12.2. The minimum absolute atomic E-state index is 0.0776. The number of benzene rings is 1. The van der Waals surface area contributed by atoms with E-state index in [1.807, 2.05) is 0 Å². The SMILES string of the molecule is COCCCN(CCNS(=O)(=O)c1ccccc1C)C(C)=O. The molecule has 0 saturated heterocycles. The fourth-order valence-corrected chi connectivity index (χ4v) is 3.34. The lowest BCUT2D eigenvalue weighted by molar-refractivity contribution is -0.128. The summed E-state index contributed by atoms with van der Waals surface area (Å²) in [5.74, 6) is -0.0776. The molecule has 1 N–H and O–H groups in total. The number of nitrogens with zero attached hydrogens (tertiary/aromatic N) is 1. The van der Waals surface area contributed by atoms with E-state index in [4.69, 9.17) is 4.74 Å². The molecule has 1 aromatic rings. The van der Waals surface area contributed by atoms with Crippen LogP contribution in [-0.4, -0.2) is 52.6 Å². The molecule has 22 heavy (non-hydrogen) atoms. The summed E-state index contributed by atoms with van der Waals surface area (Å²) in [6, 6.07) is 6.80. The normalized spacial score (nSPS) is 11.4. The molecule has 124 valence electrons. The van der Waals surface area contributed by atoms with Gasteiger partial charge < -0.3 is 9.64 Å². The van der Waals surface area contributed by atoms with Crippen LogP contribution < -0.4 is 4.72 Å². The summed E-state index contributed by atoms with van der Waals surface area (Å²) in [4.78, 5) is 13.4. The molecule has 0 aliphatic heterocycles. The molecule has 0 heterocycles. The first-order valence-corrected chi connectivity index (χ1v) is 8.66. The lowest BCUT2D eigenvalue weighted by Crippen LogP contribution is -2.38. The predicted molar refractivity (Wildman–Crippen MR) is 85.1 cm³/mol. The van der Waals surface area contributed by atoms with Crippen LogP contribution in [0.1, 0.15) is 18.9 Å². The monoisotopic (exact) mass is 328 g/mol. The van der Waals surface area contributed by atoms with Crippen molar-refractivity contribution in [2.24, 2.45) is 0 Å². The van der Waals surface area contributed by atoms with Crippen LogP contribution in [-0.2, 0) is 19.6 Å². The minimum atomic E-state index is -3.55. The van der Waals surface area contributed by atoms with E-state index >= 15 is 0 Å². The molecule has 0 radical (unpaired) electrons. The second-order valence-electron chi connectivity index (χ2n) is 5.02. The second kappa shape index (κ2) is 8.87. The third kappa shape index (κ3) is 5.75. The third-order valence-electron chi connectivity index (χ3n) is 3.28. The summed E-state index contributed by atoms with van der Waals surface area (Å²) in [5.41, 5.74) is 0.693. The van der Waals surface area contributed by atoms with Crippen molar-refractivity contribution < 1.29 is 17.9 Å². The van der Waals surface area contributed by atoms with Gasteiger partial charge in [0.1, 0.15) is 0 Å². The number of ether oxygens (including phenoxy) is 1. The lowest BCUT2D eigenvalue weighted by Gasteiger charge is -2.21. The predicted octanol–water partition coefficient (Wildman–Crippen LogP) is 1.16. The molecule has 0 aromatic heterocycles. The van der Waals surface area contributed by atoms with Crippen molar-refractivity contribution in [1.29, 1.82) is 0 Å². The molecule has 0 saturated carbocycles. The van der Waals surface area contributed by atoms with Gasteiger partial charge in [-0.05, 0) is 25.0 Å². The van der Waals surface area contributed by atoms with E-state index in [1.54, 1.807) is 43.2 Å². The quantitative estimate of drug-likeness (QED) is 0.690. The zero-order chi connectivity index (χ0) is 16.6. The Morgan fingerprint density at radius 1 is 1.27 bits per heavy atom. The van der Waals surface area contributed by atoms with Gasteiger partial charge in [-0.3, -0.25) is 4.79 Å². The molecule has 6 nitrogen and oxygen atoms in total. The van der Waals surface area contributed by atoms with Crippen molar-refractivity contribution >= 4 is 15.9 Å². The fourth-order valence-electron chi connectivity index (χ4n) is 2.08. The Labute approximate surface area is 132 Å². The highest BCUT2D eigenvalue weighted by Crippen LogP contribution is 2.13. The second-order valence-corrected chi connectivity index (χ2v) is 6.75. The van der Waals surface area contributed by atoms with E-state index in [-0.39, 0.29) is 17.3 Å². The summed E-state index contributed by atoms with van der Waals surface area (Å²) in [6.45, 7) is 4.87. The summed E-state index contributed by atoms with van der Waals surface area (Å²) in [6.07, 6.45) is 0.723. The zero-order valence-corrected chi connectivity index (χ0v) is 14.1. The number of sulfonamides is 1. The van der Waals surface area contributed by atoms with Crippen LogP contribution >= 0.6 is 0 Å². The number of hydrogen-bond donors (Lipinski definition) is 1. The molecule has 0 fully saturated rings. The molecule has 1 rings (SSSR count). The van der Waals surface area contributed by atoms with E-state index in [2.05, 4.69) is 4.72 Å². The average molecular weight is 328 g/mol. The van der Waals surface area contributed by atoms with Crippen molar-refractivity contribution in [3.05, 3.63) is 29.8 Å². The van der Waals surface area contributed by atoms with Crippen LogP contribution in [0.3, 0.4) is 0 Å². The first kappa shape index (κ1) is 18.6. The fraction of sp³-hybridized carbons (Fsp3) is 0.533. The molecule has 0 aliphatic carbocycles. The Bertz CT molecular complexity index is 587. The van der Waals surface area contributed by atoms with Gasteiger partial charge in [-0.15, -0.1) is 0 Å². The van der Waals surface area contributed by atoms with E-state index < -0.39 is 10.0 Å². The van der Waals surface area contributed by atoms with Crippen LogP contribution in [0.2, 0.25) is 0 Å². The third-order valence-corrected chi connectivity index (χ3v) is 4.90. The molecule has 0 aliphatic rings. The molecular weight excluding hydrogens is 304 g/mol. The number of hydrogen-bond acceptors (Lipinski definition) is 4. The Balaban J connectivity index is 2.57. The standard InChI is InChI=1S/C15H24N2O4S/c1-13-7-4-5-8-15(13)22(19,20)16-9-11-17(14(2)18)10-6-12-21-3/h4-5,7-8,16H,6,9-12H2,1-3H3. The highest BCUT2D eigenvalue weighted by Gasteiger charge is 2.16. The molecule has 0 atom stereocenters. The maximum Gasteiger partial charge on any atom is 0.240 e. The number of methoxy groups -OCH3 is 1. The van der Waals surface area contributed by atoms with Crippen LogP contribution in [0.5, 0.6) is 0 Å². The topological polar surface area (TPSA) is 75.7 Å². The largest absolute Gasteiger partial charge is 0.385 e. The van der Waals surface area contributed by atoms with E-state index in [9.17, 15) is 13.2 Å². The van der Waals surface area contributed by atoms with Gasteiger partial charge >= 0.3 is 0 Å². The van der Waals surface area contributed by atoms with Gasteiger partial charge in [0.15, 0.2) is 0 Å². The van der Waals surface area contributed by atoms with Crippen molar-refractivity contribution in [3.8, 4) is 0 Å². The number of rotatable bonds is 9. The van der Waals surface area contributed by atoms with Gasteiger partial charge in [-0.2, -0.15) is 0 Å². The molecule has 1 aromatic carbocycles. The smallest absolute Gasteiger partial charge is 0.240 e. The molecule has 0 bridgehead atoms. The number of aryl methyl sites for hydroxylation is 1. The summed E-state index contributed by atoms with van der Waals surface area (Å²) < 4.78 is 32.0. The molecular formula is C15H24N2O4S. The lowest BCUT2D eigenvalue weighted by atomic mass is 10.2. The maximum atomic E-state index is 12.2. The van der Waals surface area contributed by atoms with Crippen LogP contribution in [0, 0.1) is 6.92 Å². The number of amides is 1. The Kier molecular flexibility index (Phi) is 7.50. The first-order chi connectivity index (χ1) is 10.4. The zero-order valence-electron chi connectivity index (χ0n) is 13.3. The highest BCUT2D eigenvalue weighted by atomic mass is 32.2. The Hall–Kier alpha value is -1.44. The van der Waals surface area contributed by atoms with Crippen molar-refractivity contribution in [2.75, 3.05) is 33.4 Å². The first-order valence-electron chi connectivity index (χ1n) is 7.18. The summed E-state index contributed by atoms with van der Waals surface area (Å²) in [7, 11) is -1.94. The van der Waals surface area contributed by atoms with Crippen LogP contribution in [0.25, 0.3) is 0 Å². The van der Waals surface area contributed by atoms with E-state index in [0.29, 0.717) is 25.3 Å². The Morgan fingerprint density at radius 2 is 1.95 bits per heavy atom. The molecule has 0 unspecified atom stereocenters. The van der Waals surface area contributed by atoms with Gasteiger partial charge in [0.2, 0.25) is 15.9 Å². The van der Waals surface area contributed by atoms with Gasteiger partial charge in [-0.25, -0.2) is 13.1 Å². The van der Waals surface area contributed by atoms with Crippen molar-refractivity contribution in [3.63, 3.8) is 0 Å². The number of carbonyl (C=O) groups is 1. The number of nitrogens with one attached hydrogen (secondary N) is 1. The van der Waals surface area contributed by atoms with Gasteiger partial charge in [0.25, 0.3) is 0 Å².